The minimum absolute atomic E-state index is 0.0414. The van der Waals surface area contributed by atoms with E-state index in [4.69, 9.17) is 0 Å². The largest absolute Gasteiger partial charge is 0.296 e. The van der Waals surface area contributed by atoms with Gasteiger partial charge in [-0.15, -0.1) is 10.2 Å². The fourth-order valence-corrected chi connectivity index (χ4v) is 6.28. The van der Waals surface area contributed by atoms with Crippen LogP contribution in [0.4, 0.5) is 10.8 Å². The molecule has 1 amide bonds. The molecular formula is C25H24N4O3S3. The lowest BCUT2D eigenvalue weighted by atomic mass is 10.1. The number of thioether (sulfide) groups is 1. The minimum atomic E-state index is -3.89. The fourth-order valence-electron chi connectivity index (χ4n) is 3.25. The number of aryl methyl sites for hydroxylation is 3. The summed E-state index contributed by atoms with van der Waals surface area (Å²) in [5.74, 6) is 0.291. The zero-order chi connectivity index (χ0) is 25.0. The number of anilines is 2. The molecule has 0 radical (unpaired) electrons. The molecule has 1 aromatic heterocycles. The van der Waals surface area contributed by atoms with Crippen molar-refractivity contribution in [2.75, 3.05) is 10.0 Å². The summed E-state index contributed by atoms with van der Waals surface area (Å²) in [7, 11) is -3.89. The monoisotopic (exact) mass is 524 g/mol. The number of carbonyl (C=O) groups is 1. The summed E-state index contributed by atoms with van der Waals surface area (Å²) in [5.41, 5.74) is 4.44. The summed E-state index contributed by atoms with van der Waals surface area (Å²) in [6.07, 6.45) is 0. The van der Waals surface area contributed by atoms with E-state index < -0.39 is 15.9 Å². The standard InChI is InChI=1S/C25H24N4O3S3/c1-16-10-12-21(13-18(16)3)29-35(31,32)22-14-20(11-9-17(22)2)23(30)26-24-27-28-25(34-24)33-15-19-7-5-4-6-8-19/h4-14,29H,15H2,1-3H3,(H,26,27,30). The summed E-state index contributed by atoms with van der Waals surface area (Å²) in [6, 6.07) is 19.9. The number of hydrogen-bond donors (Lipinski definition) is 2. The molecule has 0 unspecified atom stereocenters. The number of amides is 1. The number of carbonyl (C=O) groups excluding carboxylic acids is 1. The SMILES string of the molecule is Cc1ccc(NS(=O)(=O)c2cc(C(=O)Nc3nnc(SCc4ccccc4)s3)ccc2C)cc1C. The maximum absolute atomic E-state index is 13.1. The average molecular weight is 525 g/mol. The molecule has 3 aromatic carbocycles. The Morgan fingerprint density at radius 2 is 1.66 bits per heavy atom. The van der Waals surface area contributed by atoms with Crippen LogP contribution in [0.3, 0.4) is 0 Å². The van der Waals surface area contributed by atoms with E-state index in [1.54, 1.807) is 31.2 Å². The van der Waals surface area contributed by atoms with E-state index in [0.717, 1.165) is 21.2 Å². The predicted molar refractivity (Wildman–Crippen MR) is 142 cm³/mol. The van der Waals surface area contributed by atoms with E-state index in [0.29, 0.717) is 16.4 Å². The first-order chi connectivity index (χ1) is 16.7. The van der Waals surface area contributed by atoms with Crippen molar-refractivity contribution in [1.29, 1.82) is 0 Å². The molecule has 0 spiro atoms. The van der Waals surface area contributed by atoms with Crippen LogP contribution in [0.15, 0.2) is 76.0 Å². The fraction of sp³-hybridized carbons (Fsp3) is 0.160. The summed E-state index contributed by atoms with van der Waals surface area (Å²) < 4.78 is 29.5. The van der Waals surface area contributed by atoms with Gasteiger partial charge in [-0.2, -0.15) is 0 Å². The van der Waals surface area contributed by atoms with E-state index in [1.165, 1.54) is 34.7 Å². The van der Waals surface area contributed by atoms with E-state index in [9.17, 15) is 13.2 Å². The van der Waals surface area contributed by atoms with Crippen LogP contribution in [0.1, 0.15) is 32.6 Å². The van der Waals surface area contributed by atoms with Gasteiger partial charge in [0.25, 0.3) is 15.9 Å². The molecular weight excluding hydrogens is 501 g/mol. The summed E-state index contributed by atoms with van der Waals surface area (Å²) >= 11 is 2.80. The molecule has 0 bridgehead atoms. The maximum Gasteiger partial charge on any atom is 0.262 e. The molecule has 0 aliphatic heterocycles. The van der Waals surface area contributed by atoms with Gasteiger partial charge in [0.05, 0.1) is 4.90 Å². The highest BCUT2D eigenvalue weighted by molar-refractivity contribution is 8.00. The Balaban J connectivity index is 1.46. The van der Waals surface area contributed by atoms with Crippen molar-refractivity contribution in [3.8, 4) is 0 Å². The summed E-state index contributed by atoms with van der Waals surface area (Å²) in [4.78, 5) is 12.9. The van der Waals surface area contributed by atoms with Gasteiger partial charge < -0.3 is 0 Å². The van der Waals surface area contributed by atoms with Gasteiger partial charge in [-0.05, 0) is 67.3 Å². The van der Waals surface area contributed by atoms with Crippen molar-refractivity contribution >= 4 is 49.8 Å². The third-order valence-corrected chi connectivity index (χ3v) is 8.90. The number of sulfonamides is 1. The molecule has 2 N–H and O–H groups in total. The first-order valence-corrected chi connectivity index (χ1v) is 14.0. The molecule has 10 heteroatoms. The quantitative estimate of drug-likeness (QED) is 0.223. The van der Waals surface area contributed by atoms with Crippen molar-refractivity contribution in [3.63, 3.8) is 0 Å². The van der Waals surface area contributed by atoms with Gasteiger partial charge in [-0.25, -0.2) is 8.42 Å². The molecule has 4 rings (SSSR count). The Bertz CT molecular complexity index is 1470. The average Bonchev–Trinajstić information content (AvgIpc) is 3.28. The Hall–Kier alpha value is -3.21. The number of nitrogens with one attached hydrogen (secondary N) is 2. The highest BCUT2D eigenvalue weighted by Crippen LogP contribution is 2.29. The number of hydrogen-bond acceptors (Lipinski definition) is 7. The number of rotatable bonds is 8. The molecule has 4 aromatic rings. The maximum atomic E-state index is 13.1. The lowest BCUT2D eigenvalue weighted by Crippen LogP contribution is -2.17. The molecule has 0 atom stereocenters. The smallest absolute Gasteiger partial charge is 0.262 e. The van der Waals surface area contributed by atoms with Gasteiger partial charge in [0.1, 0.15) is 0 Å². The predicted octanol–water partition coefficient (Wildman–Crippen LogP) is 5.81. The lowest BCUT2D eigenvalue weighted by molar-refractivity contribution is 0.102. The van der Waals surface area contributed by atoms with Crippen molar-refractivity contribution in [3.05, 3.63) is 94.5 Å². The van der Waals surface area contributed by atoms with Gasteiger partial charge >= 0.3 is 0 Å². The number of aromatic nitrogens is 2. The summed E-state index contributed by atoms with van der Waals surface area (Å²) in [5, 5.41) is 11.2. The van der Waals surface area contributed by atoms with Crippen molar-refractivity contribution < 1.29 is 13.2 Å². The molecule has 1 heterocycles. The highest BCUT2D eigenvalue weighted by Gasteiger charge is 2.20. The number of nitrogens with zero attached hydrogens (tertiary/aromatic N) is 2. The first kappa shape index (κ1) is 24.9. The van der Waals surface area contributed by atoms with Crippen LogP contribution in [0.5, 0.6) is 0 Å². The molecule has 7 nitrogen and oxygen atoms in total. The highest BCUT2D eigenvalue weighted by atomic mass is 32.2. The van der Waals surface area contributed by atoms with E-state index in [1.807, 2.05) is 50.2 Å². The first-order valence-electron chi connectivity index (χ1n) is 10.7. The zero-order valence-electron chi connectivity index (χ0n) is 19.4. The Morgan fingerprint density at radius 3 is 2.40 bits per heavy atom. The topological polar surface area (TPSA) is 101 Å². The second-order valence-electron chi connectivity index (χ2n) is 7.99. The van der Waals surface area contributed by atoms with Gasteiger partial charge in [0.2, 0.25) is 5.13 Å². The third-order valence-electron chi connectivity index (χ3n) is 5.33. The van der Waals surface area contributed by atoms with Crippen LogP contribution in [0.2, 0.25) is 0 Å². The van der Waals surface area contributed by atoms with Crippen LogP contribution >= 0.6 is 23.1 Å². The molecule has 0 fully saturated rings. The lowest BCUT2D eigenvalue weighted by Gasteiger charge is -2.13. The van der Waals surface area contributed by atoms with Crippen LogP contribution in [-0.2, 0) is 15.8 Å². The second-order valence-corrected chi connectivity index (χ2v) is 11.8. The van der Waals surface area contributed by atoms with Gasteiger partial charge in [-0.3, -0.25) is 14.8 Å². The Labute approximate surface area is 213 Å². The van der Waals surface area contributed by atoms with Crippen molar-refractivity contribution in [2.45, 2.75) is 35.8 Å². The molecule has 35 heavy (non-hydrogen) atoms. The van der Waals surface area contributed by atoms with Crippen LogP contribution in [0.25, 0.3) is 0 Å². The van der Waals surface area contributed by atoms with E-state index >= 15 is 0 Å². The molecule has 180 valence electrons. The molecule has 0 aliphatic carbocycles. The molecule has 0 aliphatic rings. The van der Waals surface area contributed by atoms with Crippen LogP contribution in [0, 0.1) is 20.8 Å². The Morgan fingerprint density at radius 1 is 0.914 bits per heavy atom. The van der Waals surface area contributed by atoms with Crippen molar-refractivity contribution in [1.82, 2.24) is 10.2 Å². The zero-order valence-corrected chi connectivity index (χ0v) is 21.9. The Kier molecular flexibility index (Phi) is 7.54. The van der Waals surface area contributed by atoms with E-state index in [2.05, 4.69) is 20.2 Å². The van der Waals surface area contributed by atoms with Gasteiger partial charge in [0, 0.05) is 17.0 Å². The van der Waals surface area contributed by atoms with Gasteiger partial charge in [-0.1, -0.05) is 65.6 Å². The van der Waals surface area contributed by atoms with Gasteiger partial charge in [0.15, 0.2) is 4.34 Å². The minimum Gasteiger partial charge on any atom is -0.296 e. The third kappa shape index (κ3) is 6.27. The van der Waals surface area contributed by atoms with Crippen molar-refractivity contribution in [2.24, 2.45) is 0 Å². The van der Waals surface area contributed by atoms with E-state index in [-0.39, 0.29) is 10.5 Å². The van der Waals surface area contributed by atoms with Crippen LogP contribution < -0.4 is 10.0 Å². The summed E-state index contributed by atoms with van der Waals surface area (Å²) in [6.45, 7) is 5.57. The normalized spacial score (nSPS) is 11.3. The molecule has 0 saturated heterocycles. The second kappa shape index (κ2) is 10.6. The molecule has 0 saturated carbocycles. The number of benzene rings is 3. The van der Waals surface area contributed by atoms with Crippen LogP contribution in [-0.4, -0.2) is 24.5 Å².